The Morgan fingerprint density at radius 3 is 2.59 bits per heavy atom. The average molecular weight is 383 g/mol. The van der Waals surface area contributed by atoms with E-state index in [0.29, 0.717) is 17.7 Å². The van der Waals surface area contributed by atoms with Gasteiger partial charge in [-0.2, -0.15) is 0 Å². The molecule has 0 radical (unpaired) electrons. The molecule has 1 heterocycles. The van der Waals surface area contributed by atoms with E-state index in [9.17, 15) is 4.79 Å². The Balaban J connectivity index is 1.47. The van der Waals surface area contributed by atoms with Crippen LogP contribution in [0.2, 0.25) is 0 Å². The van der Waals surface area contributed by atoms with Crippen molar-refractivity contribution in [2.45, 2.75) is 23.8 Å². The summed E-state index contributed by atoms with van der Waals surface area (Å²) < 4.78 is 10.8. The van der Waals surface area contributed by atoms with Gasteiger partial charge in [-0.05, 0) is 43.2 Å². The number of carbonyl (C=O) groups is 1. The molecule has 2 aromatic carbocycles. The van der Waals surface area contributed by atoms with Crippen LogP contribution in [0.15, 0.2) is 64.2 Å². The smallest absolute Gasteiger partial charge is 0.277 e. The van der Waals surface area contributed by atoms with Gasteiger partial charge >= 0.3 is 0 Å². The van der Waals surface area contributed by atoms with Gasteiger partial charge in [0.2, 0.25) is 11.8 Å². The zero-order valence-electron chi connectivity index (χ0n) is 15.2. The molecule has 6 nitrogen and oxygen atoms in total. The summed E-state index contributed by atoms with van der Waals surface area (Å²) in [6.07, 6.45) is 0.756. The van der Waals surface area contributed by atoms with Crippen LogP contribution < -0.4 is 10.1 Å². The molecule has 1 amide bonds. The first-order valence-corrected chi connectivity index (χ1v) is 9.50. The van der Waals surface area contributed by atoms with E-state index >= 15 is 0 Å². The number of amides is 1. The fourth-order valence-corrected chi connectivity index (χ4v) is 3.13. The molecular formula is C20H21N3O3S. The van der Waals surface area contributed by atoms with E-state index in [2.05, 4.69) is 15.5 Å². The maximum atomic E-state index is 12.3. The van der Waals surface area contributed by atoms with Crippen LogP contribution in [0.3, 0.4) is 0 Å². The number of nitrogens with zero attached hydrogens (tertiary/aromatic N) is 2. The predicted molar refractivity (Wildman–Crippen MR) is 105 cm³/mol. The van der Waals surface area contributed by atoms with E-state index in [-0.39, 0.29) is 11.2 Å². The molecule has 27 heavy (non-hydrogen) atoms. The van der Waals surface area contributed by atoms with E-state index < -0.39 is 0 Å². The third-order valence-electron chi connectivity index (χ3n) is 3.95. The highest BCUT2D eigenvalue weighted by molar-refractivity contribution is 8.00. The first kappa shape index (κ1) is 19.0. The summed E-state index contributed by atoms with van der Waals surface area (Å²) in [5, 5.41) is 11.0. The van der Waals surface area contributed by atoms with Gasteiger partial charge in [0.25, 0.3) is 5.22 Å². The lowest BCUT2D eigenvalue weighted by molar-refractivity contribution is -0.120. The molecule has 7 heteroatoms. The van der Waals surface area contributed by atoms with Gasteiger partial charge < -0.3 is 14.5 Å². The number of hydrogen-bond acceptors (Lipinski definition) is 6. The molecule has 0 spiro atoms. The molecule has 3 aromatic rings. The third-order valence-corrected chi connectivity index (χ3v) is 4.88. The number of benzene rings is 2. The van der Waals surface area contributed by atoms with Crippen LogP contribution in [0.25, 0.3) is 11.5 Å². The van der Waals surface area contributed by atoms with E-state index in [1.165, 1.54) is 11.8 Å². The van der Waals surface area contributed by atoms with Gasteiger partial charge in [0.15, 0.2) is 0 Å². The van der Waals surface area contributed by atoms with Crippen LogP contribution in [-0.2, 0) is 11.2 Å². The summed E-state index contributed by atoms with van der Waals surface area (Å²) in [5.41, 5.74) is 1.99. The molecule has 1 N–H and O–H groups in total. The summed E-state index contributed by atoms with van der Waals surface area (Å²) >= 11 is 1.25. The molecule has 1 aromatic heterocycles. The monoisotopic (exact) mass is 383 g/mol. The quantitative estimate of drug-likeness (QED) is 0.599. The molecule has 3 rings (SSSR count). The summed E-state index contributed by atoms with van der Waals surface area (Å²) in [7, 11) is 1.64. The van der Waals surface area contributed by atoms with Gasteiger partial charge in [-0.25, -0.2) is 0 Å². The molecule has 1 unspecified atom stereocenters. The van der Waals surface area contributed by atoms with Crippen molar-refractivity contribution in [3.63, 3.8) is 0 Å². The Hall–Kier alpha value is -2.80. The van der Waals surface area contributed by atoms with Crippen LogP contribution in [0.5, 0.6) is 5.75 Å². The number of aromatic nitrogens is 2. The number of methoxy groups -OCH3 is 1. The van der Waals surface area contributed by atoms with E-state index in [0.717, 1.165) is 23.3 Å². The Bertz CT molecular complexity index is 866. The number of thioether (sulfide) groups is 1. The van der Waals surface area contributed by atoms with Crippen molar-refractivity contribution < 1.29 is 13.9 Å². The number of ether oxygens (including phenoxy) is 1. The molecule has 0 saturated carbocycles. The number of rotatable bonds is 8. The Kier molecular flexibility index (Phi) is 6.49. The zero-order chi connectivity index (χ0) is 19.1. The van der Waals surface area contributed by atoms with Crippen LogP contribution in [0.4, 0.5) is 0 Å². The fourth-order valence-electron chi connectivity index (χ4n) is 2.43. The molecule has 0 bridgehead atoms. The topological polar surface area (TPSA) is 77.2 Å². The minimum atomic E-state index is -0.329. The molecular weight excluding hydrogens is 362 g/mol. The highest BCUT2D eigenvalue weighted by Gasteiger charge is 2.18. The highest BCUT2D eigenvalue weighted by atomic mass is 32.2. The van der Waals surface area contributed by atoms with Crippen molar-refractivity contribution in [3.8, 4) is 17.2 Å². The second kappa shape index (κ2) is 9.23. The minimum Gasteiger partial charge on any atom is -0.497 e. The summed E-state index contributed by atoms with van der Waals surface area (Å²) in [5.74, 6) is 1.21. The molecule has 0 aliphatic rings. The van der Waals surface area contributed by atoms with Gasteiger partial charge in [-0.3, -0.25) is 4.79 Å². The maximum Gasteiger partial charge on any atom is 0.277 e. The minimum absolute atomic E-state index is 0.0621. The van der Waals surface area contributed by atoms with Gasteiger partial charge in [0.05, 0.1) is 12.4 Å². The van der Waals surface area contributed by atoms with Crippen molar-refractivity contribution in [3.05, 3.63) is 60.2 Å². The number of carbonyl (C=O) groups excluding carboxylic acids is 1. The van der Waals surface area contributed by atoms with Crippen LogP contribution in [-0.4, -0.2) is 35.0 Å². The molecule has 1 atom stereocenters. The van der Waals surface area contributed by atoms with Gasteiger partial charge in [0.1, 0.15) is 5.75 Å². The molecule has 0 aliphatic heterocycles. The average Bonchev–Trinajstić information content (AvgIpc) is 3.17. The lowest BCUT2D eigenvalue weighted by atomic mass is 10.1. The van der Waals surface area contributed by atoms with E-state index in [1.54, 1.807) is 7.11 Å². The molecule has 0 aliphatic carbocycles. The third kappa shape index (κ3) is 5.34. The van der Waals surface area contributed by atoms with Gasteiger partial charge in [-0.1, -0.05) is 42.1 Å². The summed E-state index contributed by atoms with van der Waals surface area (Å²) in [6.45, 7) is 2.38. The second-order valence-electron chi connectivity index (χ2n) is 5.89. The Morgan fingerprint density at radius 2 is 1.89 bits per heavy atom. The second-order valence-corrected chi connectivity index (χ2v) is 7.18. The van der Waals surface area contributed by atoms with Crippen LogP contribution >= 0.6 is 11.8 Å². The Labute approximate surface area is 162 Å². The first-order valence-electron chi connectivity index (χ1n) is 8.62. The number of nitrogens with one attached hydrogen (secondary N) is 1. The zero-order valence-corrected chi connectivity index (χ0v) is 16.0. The van der Waals surface area contributed by atoms with Crippen molar-refractivity contribution >= 4 is 17.7 Å². The predicted octanol–water partition coefficient (Wildman–Crippen LogP) is 3.58. The van der Waals surface area contributed by atoms with Gasteiger partial charge in [-0.15, -0.1) is 10.2 Å². The Morgan fingerprint density at radius 1 is 1.15 bits per heavy atom. The maximum absolute atomic E-state index is 12.3. The first-order chi connectivity index (χ1) is 13.2. The van der Waals surface area contributed by atoms with Crippen molar-refractivity contribution in [1.82, 2.24) is 15.5 Å². The van der Waals surface area contributed by atoms with Crippen molar-refractivity contribution in [1.29, 1.82) is 0 Å². The van der Waals surface area contributed by atoms with Crippen LogP contribution in [0.1, 0.15) is 12.5 Å². The standard InChI is InChI=1S/C20H21N3O3S/c1-14(18(24)21-13-12-15-8-10-17(25-2)11-9-15)27-20-23-22-19(26-20)16-6-4-3-5-7-16/h3-11,14H,12-13H2,1-2H3,(H,21,24). The van der Waals surface area contributed by atoms with Gasteiger partial charge in [0, 0.05) is 12.1 Å². The number of hydrogen-bond donors (Lipinski definition) is 1. The normalized spacial score (nSPS) is 11.8. The van der Waals surface area contributed by atoms with Crippen molar-refractivity contribution in [2.24, 2.45) is 0 Å². The lowest BCUT2D eigenvalue weighted by Gasteiger charge is -2.10. The van der Waals surface area contributed by atoms with E-state index in [4.69, 9.17) is 9.15 Å². The molecule has 0 fully saturated rings. The lowest BCUT2D eigenvalue weighted by Crippen LogP contribution is -2.32. The molecule has 0 saturated heterocycles. The largest absolute Gasteiger partial charge is 0.497 e. The fraction of sp³-hybridized carbons (Fsp3) is 0.250. The van der Waals surface area contributed by atoms with E-state index in [1.807, 2.05) is 61.5 Å². The van der Waals surface area contributed by atoms with Crippen LogP contribution in [0, 0.1) is 0 Å². The SMILES string of the molecule is COc1ccc(CCNC(=O)C(C)Sc2nnc(-c3ccccc3)o2)cc1. The summed E-state index contributed by atoms with van der Waals surface area (Å²) in [6, 6.07) is 17.4. The van der Waals surface area contributed by atoms with Crippen molar-refractivity contribution in [2.75, 3.05) is 13.7 Å². The summed E-state index contributed by atoms with van der Waals surface area (Å²) in [4.78, 5) is 12.3. The molecule has 140 valence electrons. The highest BCUT2D eigenvalue weighted by Crippen LogP contribution is 2.26.